The standard InChI is InChI=1S/C10H10Br4.C9H9Br3/c11-3-7-1-8(4-12)10(6-14)2-9(7)5-13;10-4-7-1-8(5-11)3-9(2-7)6-12/h1-2H,3-6H2;1-3H,4-6H2. The van der Waals surface area contributed by atoms with Crippen molar-refractivity contribution in [2.45, 2.75) is 37.3 Å². The van der Waals surface area contributed by atoms with Gasteiger partial charge in [-0.3, -0.25) is 0 Å². The molecule has 0 N–H and O–H groups in total. The number of alkyl halides is 7. The van der Waals surface area contributed by atoms with E-state index in [0.717, 1.165) is 37.3 Å². The van der Waals surface area contributed by atoms with Crippen molar-refractivity contribution in [1.82, 2.24) is 0 Å². The number of halogens is 7. The predicted octanol–water partition coefficient (Wildman–Crippen LogP) is 9.64. The Bertz CT molecular complexity index is 572. The van der Waals surface area contributed by atoms with Crippen molar-refractivity contribution in [3.8, 4) is 0 Å². The summed E-state index contributed by atoms with van der Waals surface area (Å²) in [4.78, 5) is 0. The highest BCUT2D eigenvalue weighted by atomic mass is 79.9. The average Bonchev–Trinajstić information content (AvgIpc) is 2.72. The zero-order chi connectivity index (χ0) is 19.5. The van der Waals surface area contributed by atoms with E-state index in [9.17, 15) is 0 Å². The summed E-state index contributed by atoms with van der Waals surface area (Å²) in [5.41, 5.74) is 9.45. The Labute approximate surface area is 215 Å². The summed E-state index contributed by atoms with van der Waals surface area (Å²) in [7, 11) is 0. The van der Waals surface area contributed by atoms with Crippen molar-refractivity contribution >= 4 is 112 Å². The van der Waals surface area contributed by atoms with Crippen LogP contribution < -0.4 is 0 Å². The zero-order valence-electron chi connectivity index (χ0n) is 14.0. The molecule has 2 aromatic rings. The van der Waals surface area contributed by atoms with Crippen LogP contribution in [0.1, 0.15) is 38.9 Å². The molecule has 144 valence electrons. The lowest BCUT2D eigenvalue weighted by Gasteiger charge is -2.11. The molecular weight excluding hydrogens is 788 g/mol. The van der Waals surface area contributed by atoms with Crippen molar-refractivity contribution in [1.29, 1.82) is 0 Å². The van der Waals surface area contributed by atoms with Gasteiger partial charge in [-0.05, 0) is 38.9 Å². The first-order valence-corrected chi connectivity index (χ1v) is 15.6. The molecule has 0 saturated heterocycles. The fraction of sp³-hybridized carbons (Fsp3) is 0.368. The monoisotopic (exact) mass is 800 g/mol. The van der Waals surface area contributed by atoms with Gasteiger partial charge < -0.3 is 0 Å². The van der Waals surface area contributed by atoms with Crippen LogP contribution in [0.2, 0.25) is 0 Å². The van der Waals surface area contributed by atoms with E-state index in [1.807, 2.05) is 0 Å². The molecule has 0 bridgehead atoms. The Morgan fingerprint density at radius 1 is 0.346 bits per heavy atom. The summed E-state index contributed by atoms with van der Waals surface area (Å²) in [6, 6.07) is 11.1. The second-order valence-electron chi connectivity index (χ2n) is 5.48. The van der Waals surface area contributed by atoms with Crippen molar-refractivity contribution < 1.29 is 0 Å². The van der Waals surface area contributed by atoms with E-state index in [1.165, 1.54) is 38.9 Å². The summed E-state index contributed by atoms with van der Waals surface area (Å²) >= 11 is 24.4. The Hall–Kier alpha value is 1.80. The highest BCUT2D eigenvalue weighted by Crippen LogP contribution is 2.25. The van der Waals surface area contributed by atoms with Gasteiger partial charge in [0.25, 0.3) is 0 Å². The van der Waals surface area contributed by atoms with Gasteiger partial charge in [0.2, 0.25) is 0 Å². The molecule has 0 nitrogen and oxygen atoms in total. The molecule has 0 spiro atoms. The molecule has 0 amide bonds. The van der Waals surface area contributed by atoms with Gasteiger partial charge in [0.1, 0.15) is 0 Å². The van der Waals surface area contributed by atoms with E-state index in [1.54, 1.807) is 0 Å². The van der Waals surface area contributed by atoms with Gasteiger partial charge in [0, 0.05) is 37.3 Å². The number of hydrogen-bond acceptors (Lipinski definition) is 0. The molecule has 0 radical (unpaired) electrons. The summed E-state index contributed by atoms with van der Waals surface area (Å²) in [5.74, 6) is 0. The summed E-state index contributed by atoms with van der Waals surface area (Å²) in [5, 5.41) is 6.43. The normalized spacial score (nSPS) is 10.4. The Kier molecular flexibility index (Phi) is 14.6. The molecule has 0 aliphatic heterocycles. The first kappa shape index (κ1) is 25.8. The Morgan fingerprint density at radius 2 is 0.577 bits per heavy atom. The molecule has 0 aliphatic carbocycles. The van der Waals surface area contributed by atoms with Crippen LogP contribution in [0.3, 0.4) is 0 Å². The van der Waals surface area contributed by atoms with Crippen molar-refractivity contribution in [2.75, 3.05) is 0 Å². The third kappa shape index (κ3) is 8.27. The Morgan fingerprint density at radius 3 is 0.731 bits per heavy atom. The van der Waals surface area contributed by atoms with Gasteiger partial charge in [-0.15, -0.1) is 0 Å². The van der Waals surface area contributed by atoms with E-state index in [4.69, 9.17) is 0 Å². The van der Waals surface area contributed by atoms with Gasteiger partial charge in [-0.1, -0.05) is 142 Å². The van der Waals surface area contributed by atoms with Crippen LogP contribution >= 0.6 is 112 Å². The third-order valence-electron chi connectivity index (χ3n) is 3.67. The molecule has 2 aromatic carbocycles. The molecule has 0 aromatic heterocycles. The average molecular weight is 807 g/mol. The van der Waals surface area contributed by atoms with Crippen LogP contribution in [-0.2, 0) is 37.3 Å². The maximum absolute atomic E-state index is 3.51. The molecule has 2 rings (SSSR count). The fourth-order valence-corrected chi connectivity index (χ4v) is 5.42. The van der Waals surface area contributed by atoms with E-state index in [2.05, 4.69) is 142 Å². The van der Waals surface area contributed by atoms with Gasteiger partial charge in [0.15, 0.2) is 0 Å². The second kappa shape index (κ2) is 14.7. The van der Waals surface area contributed by atoms with Gasteiger partial charge in [-0.2, -0.15) is 0 Å². The van der Waals surface area contributed by atoms with Crippen molar-refractivity contribution in [3.05, 3.63) is 69.3 Å². The van der Waals surface area contributed by atoms with Gasteiger partial charge in [0.05, 0.1) is 0 Å². The largest absolute Gasteiger partial charge is 0.0876 e. The minimum absolute atomic E-state index is 0.913. The first-order valence-electron chi connectivity index (χ1n) is 7.73. The second-order valence-corrected chi connectivity index (χ2v) is 9.41. The third-order valence-corrected chi connectivity index (χ3v) is 8.03. The number of rotatable bonds is 7. The maximum atomic E-state index is 3.51. The van der Waals surface area contributed by atoms with Gasteiger partial charge in [-0.25, -0.2) is 0 Å². The highest BCUT2D eigenvalue weighted by Gasteiger charge is 2.07. The van der Waals surface area contributed by atoms with E-state index in [-0.39, 0.29) is 0 Å². The summed E-state index contributed by atoms with van der Waals surface area (Å²) in [6.07, 6.45) is 0. The lowest BCUT2D eigenvalue weighted by Crippen LogP contribution is -1.96. The van der Waals surface area contributed by atoms with Crippen molar-refractivity contribution in [3.63, 3.8) is 0 Å². The topological polar surface area (TPSA) is 0 Å². The van der Waals surface area contributed by atoms with Gasteiger partial charge >= 0.3 is 0 Å². The SMILES string of the molecule is BrCc1cc(CBr)c(CBr)cc1CBr.BrCc1cc(CBr)cc(CBr)c1. The van der Waals surface area contributed by atoms with Crippen LogP contribution in [0, 0.1) is 0 Å². The van der Waals surface area contributed by atoms with Crippen LogP contribution in [0.4, 0.5) is 0 Å². The number of hydrogen-bond donors (Lipinski definition) is 0. The Balaban J connectivity index is 0.000000263. The molecule has 7 heteroatoms. The molecular formula is C19H19Br7. The molecule has 0 atom stereocenters. The zero-order valence-corrected chi connectivity index (χ0v) is 25.1. The first-order chi connectivity index (χ1) is 12.6. The van der Waals surface area contributed by atoms with E-state index in [0.29, 0.717) is 0 Å². The van der Waals surface area contributed by atoms with Crippen LogP contribution in [0.5, 0.6) is 0 Å². The van der Waals surface area contributed by atoms with Crippen LogP contribution in [-0.4, -0.2) is 0 Å². The quantitative estimate of drug-likeness (QED) is 0.245. The summed E-state index contributed by atoms with van der Waals surface area (Å²) < 4.78 is 0. The maximum Gasteiger partial charge on any atom is 0.0286 e. The molecule has 26 heavy (non-hydrogen) atoms. The lowest BCUT2D eigenvalue weighted by molar-refractivity contribution is 1.21. The minimum Gasteiger partial charge on any atom is -0.0876 e. The van der Waals surface area contributed by atoms with Crippen molar-refractivity contribution in [2.24, 2.45) is 0 Å². The van der Waals surface area contributed by atoms with E-state index >= 15 is 0 Å². The van der Waals surface area contributed by atoms with Crippen LogP contribution in [0.15, 0.2) is 30.3 Å². The predicted molar refractivity (Wildman–Crippen MR) is 141 cm³/mol. The molecule has 0 heterocycles. The van der Waals surface area contributed by atoms with Crippen LogP contribution in [0.25, 0.3) is 0 Å². The number of benzene rings is 2. The smallest absolute Gasteiger partial charge is 0.0286 e. The minimum atomic E-state index is 0.913. The fourth-order valence-electron chi connectivity index (χ4n) is 2.36. The molecule has 0 fully saturated rings. The molecule has 0 unspecified atom stereocenters. The molecule has 0 aliphatic rings. The lowest BCUT2D eigenvalue weighted by atomic mass is 10.0. The summed E-state index contributed by atoms with van der Waals surface area (Å²) in [6.45, 7) is 0. The highest BCUT2D eigenvalue weighted by molar-refractivity contribution is 9.09. The molecule has 0 saturated carbocycles. The van der Waals surface area contributed by atoms with E-state index < -0.39 is 0 Å².